The Kier molecular flexibility index (Phi) is 7.06. The maximum Gasteiger partial charge on any atom is 0.338 e. The molecule has 0 saturated heterocycles. The van der Waals surface area contributed by atoms with Gasteiger partial charge >= 0.3 is 5.97 Å². The van der Waals surface area contributed by atoms with Crippen molar-refractivity contribution in [1.29, 1.82) is 0 Å². The number of carbonyl (C=O) groups excluding carboxylic acids is 2. The van der Waals surface area contributed by atoms with E-state index in [0.29, 0.717) is 33.0 Å². The van der Waals surface area contributed by atoms with Crippen LogP contribution in [0.1, 0.15) is 17.3 Å². The van der Waals surface area contributed by atoms with Crippen molar-refractivity contribution in [1.82, 2.24) is 14.8 Å². The van der Waals surface area contributed by atoms with Gasteiger partial charge in [-0.15, -0.1) is 10.2 Å². The summed E-state index contributed by atoms with van der Waals surface area (Å²) in [6.07, 6.45) is 0. The van der Waals surface area contributed by atoms with Crippen LogP contribution in [0, 0.1) is 0 Å². The quantitative estimate of drug-likeness (QED) is 0.238. The summed E-state index contributed by atoms with van der Waals surface area (Å²) >= 11 is 10.8. The minimum atomic E-state index is -0.483. The molecule has 4 aromatic rings. The lowest BCUT2D eigenvalue weighted by Gasteiger charge is -2.09. The number of esters is 1. The van der Waals surface area contributed by atoms with Crippen molar-refractivity contribution >= 4 is 67.8 Å². The third kappa shape index (κ3) is 5.23. The summed E-state index contributed by atoms with van der Waals surface area (Å²) in [6.45, 7) is 1.98. The van der Waals surface area contributed by atoms with Crippen LogP contribution in [0.4, 0.5) is 5.69 Å². The number of furan rings is 1. The Bertz CT molecular complexity index is 1350. The molecule has 2 aromatic heterocycles. The first kappa shape index (κ1) is 23.3. The van der Waals surface area contributed by atoms with E-state index in [9.17, 15) is 9.59 Å². The molecule has 0 saturated carbocycles. The fraction of sp³-hybridized carbons (Fsp3) is 0.182. The van der Waals surface area contributed by atoms with Crippen molar-refractivity contribution in [2.75, 3.05) is 17.7 Å². The lowest BCUT2D eigenvalue weighted by atomic mass is 10.2. The molecule has 1 amide bonds. The molecule has 0 aliphatic carbocycles. The number of carbonyl (C=O) groups is 2. The number of hydrogen-bond acceptors (Lipinski definition) is 7. The van der Waals surface area contributed by atoms with E-state index in [1.54, 1.807) is 24.6 Å². The van der Waals surface area contributed by atoms with Crippen LogP contribution >= 0.6 is 39.3 Å². The largest absolute Gasteiger partial charge is 0.462 e. The van der Waals surface area contributed by atoms with Crippen LogP contribution in [-0.2, 0) is 16.6 Å². The van der Waals surface area contributed by atoms with E-state index in [0.717, 1.165) is 15.4 Å². The first-order valence-corrected chi connectivity index (χ1v) is 12.0. The third-order valence-electron chi connectivity index (χ3n) is 4.62. The van der Waals surface area contributed by atoms with Gasteiger partial charge in [0.25, 0.3) is 0 Å². The van der Waals surface area contributed by atoms with Crippen LogP contribution in [0.15, 0.2) is 56.5 Å². The zero-order valence-electron chi connectivity index (χ0n) is 17.6. The normalized spacial score (nSPS) is 11.0. The Balaban J connectivity index is 1.43. The molecule has 4 rings (SSSR count). The van der Waals surface area contributed by atoms with Gasteiger partial charge in [0.15, 0.2) is 16.7 Å². The average molecular weight is 550 g/mol. The van der Waals surface area contributed by atoms with E-state index in [4.69, 9.17) is 20.8 Å². The topological polar surface area (TPSA) is 99.2 Å². The standard InChI is InChI=1S/C22H18BrClN4O4S/c1-3-31-21(30)12-4-6-15(24)16(9-12)25-19(29)11-33-22-27-26-20(28(22)2)18-10-13-8-14(23)5-7-17(13)32-18/h4-10H,3,11H2,1-2H3,(H,25,29). The molecule has 170 valence electrons. The van der Waals surface area contributed by atoms with Crippen molar-refractivity contribution in [2.45, 2.75) is 12.1 Å². The number of thioether (sulfide) groups is 1. The number of hydrogen-bond donors (Lipinski definition) is 1. The summed E-state index contributed by atoms with van der Waals surface area (Å²) in [6, 6.07) is 12.2. The molecular formula is C22H18BrClN4O4S. The van der Waals surface area contributed by atoms with Crippen LogP contribution in [0.3, 0.4) is 0 Å². The minimum absolute atomic E-state index is 0.0685. The second-order valence-corrected chi connectivity index (χ2v) is 9.18. The molecule has 0 spiro atoms. The molecule has 11 heteroatoms. The molecule has 8 nitrogen and oxygen atoms in total. The Morgan fingerprint density at radius 1 is 1.21 bits per heavy atom. The number of halogens is 2. The predicted octanol–water partition coefficient (Wildman–Crippen LogP) is 5.55. The summed E-state index contributed by atoms with van der Waals surface area (Å²) in [5.41, 5.74) is 1.38. The van der Waals surface area contributed by atoms with Gasteiger partial charge < -0.3 is 19.0 Å². The highest BCUT2D eigenvalue weighted by atomic mass is 79.9. The molecule has 0 bridgehead atoms. The maximum atomic E-state index is 12.5. The highest BCUT2D eigenvalue weighted by molar-refractivity contribution is 9.10. The fourth-order valence-electron chi connectivity index (χ4n) is 3.06. The molecule has 2 aromatic carbocycles. The van der Waals surface area contributed by atoms with Gasteiger partial charge in [0.2, 0.25) is 5.91 Å². The first-order valence-electron chi connectivity index (χ1n) is 9.84. The van der Waals surface area contributed by atoms with Gasteiger partial charge in [-0.2, -0.15) is 0 Å². The minimum Gasteiger partial charge on any atom is -0.462 e. The Labute approximate surface area is 206 Å². The van der Waals surface area contributed by atoms with Crippen LogP contribution < -0.4 is 5.32 Å². The number of nitrogens with one attached hydrogen (secondary N) is 1. The van der Waals surface area contributed by atoms with Gasteiger partial charge in [-0.25, -0.2) is 4.79 Å². The highest BCUT2D eigenvalue weighted by Gasteiger charge is 2.17. The van der Waals surface area contributed by atoms with E-state index in [1.807, 2.05) is 24.3 Å². The molecule has 0 aliphatic heterocycles. The molecule has 33 heavy (non-hydrogen) atoms. The number of fused-ring (bicyclic) bond motifs is 1. The van der Waals surface area contributed by atoms with Gasteiger partial charge in [0.1, 0.15) is 5.58 Å². The summed E-state index contributed by atoms with van der Waals surface area (Å²) in [7, 11) is 1.80. The van der Waals surface area contributed by atoms with Gasteiger partial charge in [0.05, 0.1) is 28.6 Å². The first-order chi connectivity index (χ1) is 15.9. The lowest BCUT2D eigenvalue weighted by Crippen LogP contribution is -2.15. The summed E-state index contributed by atoms with van der Waals surface area (Å²) in [5, 5.41) is 12.9. The number of rotatable bonds is 7. The Morgan fingerprint density at radius 3 is 2.82 bits per heavy atom. The van der Waals surface area contributed by atoms with E-state index in [1.165, 1.54) is 23.9 Å². The number of amides is 1. The number of anilines is 1. The highest BCUT2D eigenvalue weighted by Crippen LogP contribution is 2.30. The van der Waals surface area contributed by atoms with Crippen LogP contribution in [0.2, 0.25) is 5.02 Å². The van der Waals surface area contributed by atoms with Crippen molar-refractivity contribution in [2.24, 2.45) is 7.05 Å². The lowest BCUT2D eigenvalue weighted by molar-refractivity contribution is -0.113. The smallest absolute Gasteiger partial charge is 0.338 e. The third-order valence-corrected chi connectivity index (χ3v) is 6.46. The van der Waals surface area contributed by atoms with E-state index in [2.05, 4.69) is 31.4 Å². The number of ether oxygens (including phenoxy) is 1. The number of nitrogens with zero attached hydrogens (tertiary/aromatic N) is 3. The van der Waals surface area contributed by atoms with Crippen LogP contribution in [-0.4, -0.2) is 39.0 Å². The molecule has 0 unspecified atom stereocenters. The summed E-state index contributed by atoms with van der Waals surface area (Å²) < 4.78 is 13.6. The predicted molar refractivity (Wildman–Crippen MR) is 131 cm³/mol. The number of aromatic nitrogens is 3. The molecule has 0 atom stereocenters. The van der Waals surface area contributed by atoms with Gasteiger partial charge in [0, 0.05) is 16.9 Å². The van der Waals surface area contributed by atoms with Gasteiger partial charge in [-0.3, -0.25) is 4.79 Å². The van der Waals surface area contributed by atoms with Gasteiger partial charge in [-0.05, 0) is 49.4 Å². The second kappa shape index (κ2) is 9.98. The zero-order valence-corrected chi connectivity index (χ0v) is 20.8. The zero-order chi connectivity index (χ0) is 23.5. The molecular weight excluding hydrogens is 532 g/mol. The fourth-order valence-corrected chi connectivity index (χ4v) is 4.31. The average Bonchev–Trinajstić information content (AvgIpc) is 3.36. The van der Waals surface area contributed by atoms with Crippen molar-refractivity contribution < 1.29 is 18.7 Å². The monoisotopic (exact) mass is 548 g/mol. The van der Waals surface area contributed by atoms with Gasteiger partial charge in [-0.1, -0.05) is 39.3 Å². The molecule has 0 radical (unpaired) electrons. The maximum absolute atomic E-state index is 12.5. The Morgan fingerprint density at radius 2 is 2.03 bits per heavy atom. The molecule has 0 aliphatic rings. The van der Waals surface area contributed by atoms with Crippen molar-refractivity contribution in [3.63, 3.8) is 0 Å². The van der Waals surface area contributed by atoms with Crippen molar-refractivity contribution in [3.8, 4) is 11.6 Å². The SMILES string of the molecule is CCOC(=O)c1ccc(Cl)c(NC(=O)CSc2nnc(-c3cc4cc(Br)ccc4o3)n2C)c1. The number of benzene rings is 2. The van der Waals surface area contributed by atoms with Crippen LogP contribution in [0.5, 0.6) is 0 Å². The summed E-state index contributed by atoms with van der Waals surface area (Å²) in [5.74, 6) is 0.413. The molecule has 1 N–H and O–H groups in total. The van der Waals surface area contributed by atoms with Crippen molar-refractivity contribution in [3.05, 3.63) is 57.5 Å². The molecule has 2 heterocycles. The summed E-state index contributed by atoms with van der Waals surface area (Å²) in [4.78, 5) is 24.4. The van der Waals surface area contributed by atoms with Crippen LogP contribution in [0.25, 0.3) is 22.6 Å². The van der Waals surface area contributed by atoms with E-state index in [-0.39, 0.29) is 18.3 Å². The molecule has 0 fully saturated rings. The van der Waals surface area contributed by atoms with E-state index < -0.39 is 5.97 Å². The van der Waals surface area contributed by atoms with E-state index >= 15 is 0 Å². The Hall–Kier alpha value is -2.82. The second-order valence-electron chi connectivity index (χ2n) is 6.91.